The van der Waals surface area contributed by atoms with E-state index in [1.165, 1.54) is 6.07 Å². The molecule has 0 aliphatic carbocycles. The lowest BCUT2D eigenvalue weighted by Gasteiger charge is -2.34. The molecule has 0 bridgehead atoms. The number of nitrogens with zero attached hydrogens (tertiary/aromatic N) is 1. The van der Waals surface area contributed by atoms with Crippen LogP contribution in [0.15, 0.2) is 55.1 Å². The zero-order valence-electron chi connectivity index (χ0n) is 15.7. The van der Waals surface area contributed by atoms with E-state index in [0.29, 0.717) is 33.2 Å². The Kier molecular flexibility index (Phi) is 4.69. The average Bonchev–Trinajstić information content (AvgIpc) is 2.63. The molecule has 1 fully saturated rings. The number of hydrogen-bond acceptors (Lipinski definition) is 4. The van der Waals surface area contributed by atoms with Crippen LogP contribution in [0.2, 0.25) is 5.02 Å². The molecule has 1 atom stereocenters. The molecule has 0 radical (unpaired) electrons. The lowest BCUT2D eigenvalue weighted by atomic mass is 9.82. The number of piperidine rings is 1. The summed E-state index contributed by atoms with van der Waals surface area (Å²) >= 11 is 6.35. The van der Waals surface area contributed by atoms with E-state index in [9.17, 15) is 10.2 Å². The molecule has 0 unspecified atom stereocenters. The highest BCUT2D eigenvalue weighted by Crippen LogP contribution is 2.52. The number of fused-ring (bicyclic) bond motifs is 1. The Bertz CT molecular complexity index is 1020. The first-order valence-electron chi connectivity index (χ1n) is 9.15. The van der Waals surface area contributed by atoms with Crippen LogP contribution in [-0.2, 0) is 0 Å². The van der Waals surface area contributed by atoms with E-state index in [1.54, 1.807) is 12.1 Å². The van der Waals surface area contributed by atoms with Crippen LogP contribution in [0, 0.1) is 0 Å². The molecule has 2 N–H and O–H groups in total. The van der Waals surface area contributed by atoms with Crippen LogP contribution in [-0.4, -0.2) is 35.3 Å². The molecule has 1 saturated heterocycles. The number of aromatic hydroxyl groups is 2. The second kappa shape index (κ2) is 7.04. The number of benzene rings is 2. The van der Waals surface area contributed by atoms with Gasteiger partial charge < -0.3 is 19.8 Å². The highest BCUT2D eigenvalue weighted by atomic mass is 35.5. The Morgan fingerprint density at radius 3 is 2.64 bits per heavy atom. The molecule has 2 heterocycles. The van der Waals surface area contributed by atoms with Crippen molar-refractivity contribution in [3.8, 4) is 17.2 Å². The zero-order valence-corrected chi connectivity index (χ0v) is 16.5. The van der Waals surface area contributed by atoms with Gasteiger partial charge in [-0.15, -0.1) is 0 Å². The molecular weight excluding hydrogens is 374 g/mol. The maximum Gasteiger partial charge on any atom is 0.146 e. The lowest BCUT2D eigenvalue weighted by Crippen LogP contribution is -2.31. The third kappa shape index (κ3) is 3.09. The van der Waals surface area contributed by atoms with Gasteiger partial charge in [0.1, 0.15) is 23.0 Å². The minimum Gasteiger partial charge on any atom is -0.507 e. The molecule has 0 saturated carbocycles. The van der Waals surface area contributed by atoms with Crippen LogP contribution < -0.4 is 4.74 Å². The highest BCUT2D eigenvalue weighted by Gasteiger charge is 2.33. The molecule has 2 aliphatic rings. The van der Waals surface area contributed by atoms with Gasteiger partial charge in [-0.05, 0) is 43.8 Å². The minimum atomic E-state index is -0.0658. The summed E-state index contributed by atoms with van der Waals surface area (Å²) in [4.78, 5) is 2.19. The molecule has 0 amide bonds. The monoisotopic (exact) mass is 395 g/mol. The van der Waals surface area contributed by atoms with Gasteiger partial charge in [0.15, 0.2) is 0 Å². The number of phenolic OH excluding ortho intramolecular Hbond substituents is 2. The Morgan fingerprint density at radius 1 is 1.18 bits per heavy atom. The molecule has 144 valence electrons. The van der Waals surface area contributed by atoms with Gasteiger partial charge in [-0.1, -0.05) is 42.5 Å². The largest absolute Gasteiger partial charge is 0.507 e. The van der Waals surface area contributed by atoms with Gasteiger partial charge >= 0.3 is 0 Å². The van der Waals surface area contributed by atoms with Crippen molar-refractivity contribution < 1.29 is 14.9 Å². The van der Waals surface area contributed by atoms with Crippen molar-refractivity contribution in [3.63, 3.8) is 0 Å². The van der Waals surface area contributed by atoms with E-state index in [4.69, 9.17) is 16.3 Å². The Hall–Kier alpha value is -2.69. The van der Waals surface area contributed by atoms with E-state index >= 15 is 0 Å². The molecule has 4 nitrogen and oxygen atoms in total. The number of rotatable bonds is 2. The topological polar surface area (TPSA) is 52.9 Å². The molecular formula is C23H22ClNO3. The zero-order chi connectivity index (χ0) is 20.0. The van der Waals surface area contributed by atoms with Crippen LogP contribution >= 0.6 is 11.6 Å². The van der Waals surface area contributed by atoms with E-state index < -0.39 is 0 Å². The molecule has 4 rings (SSSR count). The van der Waals surface area contributed by atoms with Crippen molar-refractivity contribution >= 4 is 22.9 Å². The summed E-state index contributed by atoms with van der Waals surface area (Å²) in [5.41, 5.74) is 3.47. The number of likely N-dealkylation sites (tertiary alicyclic amines) is 1. The number of phenols is 2. The standard InChI is InChI=1S/C23H22ClNO3/c1-13-10-20(16-6-4-5-7-17(16)24)28-23-21(13)18(26)11-19(27)22(23)15-8-9-25(3)12-14(15)2/h4-7,10-11,15,26-27H,1-2,8-9,12H2,3H3/t15-/m0/s1. The van der Waals surface area contributed by atoms with Gasteiger partial charge in [0.25, 0.3) is 0 Å². The van der Waals surface area contributed by atoms with Crippen LogP contribution in [0.25, 0.3) is 11.3 Å². The normalized spacial score (nSPS) is 19.8. The SMILES string of the molecule is C=C1C=C(c2ccccc2Cl)Oc2c1c(O)cc(O)c2[C@H]1CCN(C)CC1=C. The van der Waals surface area contributed by atoms with E-state index in [2.05, 4.69) is 18.1 Å². The molecule has 28 heavy (non-hydrogen) atoms. The predicted molar refractivity (Wildman–Crippen MR) is 113 cm³/mol. The molecule has 2 aromatic carbocycles. The Morgan fingerprint density at radius 2 is 1.93 bits per heavy atom. The van der Waals surface area contributed by atoms with Crippen molar-refractivity contribution in [2.75, 3.05) is 20.1 Å². The van der Waals surface area contributed by atoms with E-state index in [0.717, 1.165) is 30.6 Å². The minimum absolute atomic E-state index is 0.000150. The van der Waals surface area contributed by atoms with Crippen LogP contribution in [0.3, 0.4) is 0 Å². The number of halogens is 1. The van der Waals surface area contributed by atoms with Gasteiger partial charge in [-0.25, -0.2) is 0 Å². The highest BCUT2D eigenvalue weighted by molar-refractivity contribution is 6.32. The summed E-state index contributed by atoms with van der Waals surface area (Å²) in [6.07, 6.45) is 2.56. The number of allylic oxidation sites excluding steroid dienone is 2. The fraction of sp³-hybridized carbons (Fsp3) is 0.217. The quantitative estimate of drug-likeness (QED) is 0.688. The summed E-state index contributed by atoms with van der Waals surface area (Å²) < 4.78 is 6.23. The molecule has 0 aromatic heterocycles. The first-order valence-corrected chi connectivity index (χ1v) is 9.53. The van der Waals surface area contributed by atoms with Crippen LogP contribution in [0.5, 0.6) is 17.2 Å². The number of hydrogen-bond donors (Lipinski definition) is 2. The van der Waals surface area contributed by atoms with E-state index in [1.807, 2.05) is 25.2 Å². The third-order valence-corrected chi connectivity index (χ3v) is 5.70. The molecule has 2 aromatic rings. The Labute approximate surface area is 169 Å². The van der Waals surface area contributed by atoms with Gasteiger partial charge in [0.2, 0.25) is 0 Å². The first-order chi connectivity index (χ1) is 13.4. The van der Waals surface area contributed by atoms with Crippen molar-refractivity contribution in [2.45, 2.75) is 12.3 Å². The van der Waals surface area contributed by atoms with Gasteiger partial charge in [0.05, 0.1) is 10.6 Å². The smallest absolute Gasteiger partial charge is 0.146 e. The van der Waals surface area contributed by atoms with E-state index in [-0.39, 0.29) is 17.4 Å². The van der Waals surface area contributed by atoms with Crippen LogP contribution in [0.4, 0.5) is 0 Å². The van der Waals surface area contributed by atoms with Crippen molar-refractivity contribution in [2.24, 2.45) is 0 Å². The van der Waals surface area contributed by atoms with Crippen LogP contribution in [0.1, 0.15) is 29.0 Å². The summed E-state index contributed by atoms with van der Waals surface area (Å²) in [6, 6.07) is 8.75. The summed E-state index contributed by atoms with van der Waals surface area (Å²) in [5, 5.41) is 21.7. The van der Waals surface area contributed by atoms with Gasteiger partial charge in [0, 0.05) is 29.7 Å². The first kappa shape index (κ1) is 18.7. The maximum atomic E-state index is 10.7. The fourth-order valence-electron chi connectivity index (χ4n) is 4.00. The van der Waals surface area contributed by atoms with Gasteiger partial charge in [-0.3, -0.25) is 0 Å². The third-order valence-electron chi connectivity index (χ3n) is 5.37. The maximum absolute atomic E-state index is 10.7. The average molecular weight is 396 g/mol. The Balaban J connectivity index is 1.86. The second-order valence-corrected chi connectivity index (χ2v) is 7.79. The summed E-state index contributed by atoms with van der Waals surface area (Å²) in [7, 11) is 2.05. The summed E-state index contributed by atoms with van der Waals surface area (Å²) in [6.45, 7) is 9.94. The summed E-state index contributed by atoms with van der Waals surface area (Å²) in [5.74, 6) is 0.835. The number of likely N-dealkylation sites (N-methyl/N-ethyl adjacent to an activating group) is 1. The molecule has 5 heteroatoms. The lowest BCUT2D eigenvalue weighted by molar-refractivity contribution is 0.301. The fourth-order valence-corrected chi connectivity index (χ4v) is 4.23. The number of ether oxygens (including phenoxy) is 1. The predicted octanol–water partition coefficient (Wildman–Crippen LogP) is 5.17. The van der Waals surface area contributed by atoms with Crippen molar-refractivity contribution in [1.82, 2.24) is 4.90 Å². The molecule has 0 spiro atoms. The van der Waals surface area contributed by atoms with Crippen molar-refractivity contribution in [1.29, 1.82) is 0 Å². The van der Waals surface area contributed by atoms with Crippen molar-refractivity contribution in [3.05, 3.63) is 76.9 Å². The van der Waals surface area contributed by atoms with Gasteiger partial charge in [-0.2, -0.15) is 0 Å². The molecule has 2 aliphatic heterocycles. The second-order valence-electron chi connectivity index (χ2n) is 7.39.